The summed E-state index contributed by atoms with van der Waals surface area (Å²) in [5.74, 6) is -0.619. The number of aryl methyl sites for hydroxylation is 1. The summed E-state index contributed by atoms with van der Waals surface area (Å²) in [6.07, 6.45) is 0.286. The van der Waals surface area contributed by atoms with Gasteiger partial charge in [0, 0.05) is 5.56 Å². The number of carbonyl (C=O) groups excluding carboxylic acids is 1. The smallest absolute Gasteiger partial charge is 0.358 e. The van der Waals surface area contributed by atoms with Crippen LogP contribution in [0.1, 0.15) is 27.3 Å². The Hall–Kier alpha value is -2.15. The van der Waals surface area contributed by atoms with Gasteiger partial charge in [-0.1, -0.05) is 12.1 Å². The van der Waals surface area contributed by atoms with Crippen LogP contribution in [0.2, 0.25) is 0 Å². The Labute approximate surface area is 128 Å². The van der Waals surface area contributed by atoms with Crippen molar-refractivity contribution in [2.45, 2.75) is 19.1 Å². The Morgan fingerprint density at radius 3 is 2.82 bits per heavy atom. The Bertz CT molecular complexity index is 852. The van der Waals surface area contributed by atoms with E-state index in [0.717, 1.165) is 11.3 Å². The fourth-order valence-electron chi connectivity index (χ4n) is 2.67. The first-order valence-corrected chi connectivity index (χ1v) is 8.70. The minimum atomic E-state index is -3.17. The molecule has 2 heterocycles. The second kappa shape index (κ2) is 5.24. The maximum atomic E-state index is 12.0. The molecule has 116 valence electrons. The average Bonchev–Trinajstić information content (AvgIpc) is 2.83. The Balaban J connectivity index is 2.22. The number of sulfone groups is 1. The number of fused-ring (bicyclic) bond motifs is 1. The van der Waals surface area contributed by atoms with Crippen molar-refractivity contribution < 1.29 is 17.9 Å². The van der Waals surface area contributed by atoms with Crippen LogP contribution in [0.4, 0.5) is 0 Å². The largest absolute Gasteiger partial charge is 0.464 e. The normalized spacial score (nSPS) is 16.1. The molecule has 0 unspecified atom stereocenters. The SMILES string of the molecule is COC(=O)c1nn(-c2cccc(C)c2)c2c1CCS(=O)(=O)C2. The molecule has 6 nitrogen and oxygen atoms in total. The first-order chi connectivity index (χ1) is 10.4. The van der Waals surface area contributed by atoms with Gasteiger partial charge in [0.1, 0.15) is 0 Å². The van der Waals surface area contributed by atoms with Crippen LogP contribution in [0.25, 0.3) is 5.69 Å². The number of aromatic nitrogens is 2. The lowest BCUT2D eigenvalue weighted by atomic mass is 10.1. The molecule has 22 heavy (non-hydrogen) atoms. The van der Waals surface area contributed by atoms with Crippen LogP contribution in [0.15, 0.2) is 24.3 Å². The molecule has 0 spiro atoms. The fourth-order valence-corrected chi connectivity index (χ4v) is 4.04. The van der Waals surface area contributed by atoms with Gasteiger partial charge in [0.15, 0.2) is 15.5 Å². The van der Waals surface area contributed by atoms with Gasteiger partial charge in [-0.25, -0.2) is 17.9 Å². The highest BCUT2D eigenvalue weighted by Crippen LogP contribution is 2.27. The zero-order chi connectivity index (χ0) is 15.9. The quantitative estimate of drug-likeness (QED) is 0.782. The molecule has 0 atom stereocenters. The third kappa shape index (κ3) is 2.52. The topological polar surface area (TPSA) is 78.3 Å². The summed E-state index contributed by atoms with van der Waals surface area (Å²) in [5, 5.41) is 4.32. The lowest BCUT2D eigenvalue weighted by Crippen LogP contribution is -2.21. The summed E-state index contributed by atoms with van der Waals surface area (Å²) in [4.78, 5) is 11.9. The van der Waals surface area contributed by atoms with Crippen molar-refractivity contribution in [1.29, 1.82) is 0 Å². The van der Waals surface area contributed by atoms with Gasteiger partial charge in [-0.3, -0.25) is 0 Å². The number of benzene rings is 1. The molecule has 2 aromatic rings. The van der Waals surface area contributed by atoms with Crippen LogP contribution < -0.4 is 0 Å². The van der Waals surface area contributed by atoms with Crippen molar-refractivity contribution in [1.82, 2.24) is 9.78 Å². The van der Waals surface area contributed by atoms with Gasteiger partial charge in [0.25, 0.3) is 0 Å². The standard InChI is InChI=1S/C15H16N2O4S/c1-10-4-3-5-11(8-10)17-13-9-22(19,20)7-6-12(13)14(16-17)15(18)21-2/h3-5,8H,6-7,9H2,1-2H3. The van der Waals surface area contributed by atoms with Crippen LogP contribution in [0.5, 0.6) is 0 Å². The zero-order valence-electron chi connectivity index (χ0n) is 12.4. The van der Waals surface area contributed by atoms with Crippen LogP contribution >= 0.6 is 0 Å². The van der Waals surface area contributed by atoms with Crippen LogP contribution in [-0.2, 0) is 26.7 Å². The van der Waals surface area contributed by atoms with Gasteiger partial charge >= 0.3 is 5.97 Å². The van der Waals surface area contributed by atoms with Gasteiger partial charge in [-0.2, -0.15) is 5.10 Å². The highest BCUT2D eigenvalue weighted by molar-refractivity contribution is 7.90. The Kier molecular flexibility index (Phi) is 3.52. The summed E-state index contributed by atoms with van der Waals surface area (Å²) < 4.78 is 30.2. The average molecular weight is 320 g/mol. The minimum Gasteiger partial charge on any atom is -0.464 e. The van der Waals surface area contributed by atoms with E-state index in [0.29, 0.717) is 11.3 Å². The van der Waals surface area contributed by atoms with Crippen molar-refractivity contribution in [3.8, 4) is 5.69 Å². The molecule has 7 heteroatoms. The van der Waals surface area contributed by atoms with E-state index in [1.165, 1.54) is 7.11 Å². The molecule has 0 amide bonds. The first-order valence-electron chi connectivity index (χ1n) is 6.88. The summed E-state index contributed by atoms with van der Waals surface area (Å²) in [6, 6.07) is 7.55. The third-order valence-electron chi connectivity index (χ3n) is 3.73. The molecular weight excluding hydrogens is 304 g/mol. The number of esters is 1. The molecule has 0 saturated heterocycles. The van der Waals surface area contributed by atoms with E-state index in [9.17, 15) is 13.2 Å². The number of rotatable bonds is 2. The van der Waals surface area contributed by atoms with Crippen LogP contribution in [-0.4, -0.2) is 37.0 Å². The molecule has 3 rings (SSSR count). The zero-order valence-corrected chi connectivity index (χ0v) is 13.2. The van der Waals surface area contributed by atoms with E-state index in [1.807, 2.05) is 31.2 Å². The summed E-state index contributed by atoms with van der Waals surface area (Å²) >= 11 is 0. The monoisotopic (exact) mass is 320 g/mol. The molecule has 1 aromatic carbocycles. The molecule has 1 aromatic heterocycles. The number of ether oxygens (including phenoxy) is 1. The molecule has 0 saturated carbocycles. The van der Waals surface area contributed by atoms with Crippen molar-refractivity contribution >= 4 is 15.8 Å². The van der Waals surface area contributed by atoms with Crippen molar-refractivity contribution in [3.63, 3.8) is 0 Å². The van der Waals surface area contributed by atoms with Gasteiger partial charge in [0.2, 0.25) is 0 Å². The highest BCUT2D eigenvalue weighted by atomic mass is 32.2. The molecule has 0 N–H and O–H groups in total. The molecule has 1 aliphatic rings. The van der Waals surface area contributed by atoms with Gasteiger partial charge in [-0.05, 0) is 31.0 Å². The van der Waals surface area contributed by atoms with E-state index in [1.54, 1.807) is 4.68 Å². The van der Waals surface area contributed by atoms with Gasteiger partial charge in [-0.15, -0.1) is 0 Å². The minimum absolute atomic E-state index is 0.0313. The number of hydrogen-bond acceptors (Lipinski definition) is 5. The number of nitrogens with zero attached hydrogens (tertiary/aromatic N) is 2. The summed E-state index contributed by atoms with van der Waals surface area (Å²) in [7, 11) is -1.88. The van der Waals surface area contributed by atoms with Crippen molar-refractivity contribution in [2.75, 3.05) is 12.9 Å². The van der Waals surface area contributed by atoms with E-state index in [-0.39, 0.29) is 23.6 Å². The maximum absolute atomic E-state index is 12.0. The lowest BCUT2D eigenvalue weighted by molar-refractivity contribution is 0.0592. The second-order valence-electron chi connectivity index (χ2n) is 5.36. The van der Waals surface area contributed by atoms with E-state index < -0.39 is 15.8 Å². The molecule has 0 aliphatic carbocycles. The fraction of sp³-hybridized carbons (Fsp3) is 0.333. The molecule has 1 aliphatic heterocycles. The Morgan fingerprint density at radius 1 is 1.36 bits per heavy atom. The van der Waals surface area contributed by atoms with Crippen LogP contribution in [0.3, 0.4) is 0 Å². The molecular formula is C15H16N2O4S. The van der Waals surface area contributed by atoms with Crippen molar-refractivity contribution in [3.05, 3.63) is 46.8 Å². The number of carbonyl (C=O) groups is 1. The molecule has 0 radical (unpaired) electrons. The second-order valence-corrected chi connectivity index (χ2v) is 7.54. The van der Waals surface area contributed by atoms with E-state index in [2.05, 4.69) is 5.10 Å². The predicted octanol–water partition coefficient (Wildman–Crippen LogP) is 1.44. The number of methoxy groups -OCH3 is 1. The molecule has 0 bridgehead atoms. The number of hydrogen-bond donors (Lipinski definition) is 0. The third-order valence-corrected chi connectivity index (χ3v) is 5.27. The van der Waals surface area contributed by atoms with Gasteiger partial charge in [0.05, 0.1) is 30.0 Å². The predicted molar refractivity (Wildman–Crippen MR) is 80.8 cm³/mol. The summed E-state index contributed by atoms with van der Waals surface area (Å²) in [5.41, 5.74) is 3.19. The van der Waals surface area contributed by atoms with E-state index >= 15 is 0 Å². The van der Waals surface area contributed by atoms with Gasteiger partial charge < -0.3 is 4.74 Å². The highest BCUT2D eigenvalue weighted by Gasteiger charge is 2.31. The molecule has 0 fully saturated rings. The lowest BCUT2D eigenvalue weighted by Gasteiger charge is -2.15. The Morgan fingerprint density at radius 2 is 2.14 bits per heavy atom. The van der Waals surface area contributed by atoms with Crippen LogP contribution in [0, 0.1) is 6.92 Å². The van der Waals surface area contributed by atoms with Crippen molar-refractivity contribution in [2.24, 2.45) is 0 Å². The summed E-state index contributed by atoms with van der Waals surface area (Å²) in [6.45, 7) is 1.94. The first kappa shape index (κ1) is 14.8. The maximum Gasteiger partial charge on any atom is 0.358 e. The van der Waals surface area contributed by atoms with E-state index in [4.69, 9.17) is 4.74 Å².